The minimum absolute atomic E-state index is 0.224. The van der Waals surface area contributed by atoms with Gasteiger partial charge in [0.1, 0.15) is 0 Å². The third-order valence-electron chi connectivity index (χ3n) is 4.42. The molecule has 3 rings (SSSR count). The van der Waals surface area contributed by atoms with E-state index in [4.69, 9.17) is 9.47 Å². The van der Waals surface area contributed by atoms with Crippen molar-refractivity contribution in [1.29, 1.82) is 0 Å². The first kappa shape index (κ1) is 20.0. The third-order valence-corrected chi connectivity index (χ3v) is 5.37. The average molecular weight is 401 g/mol. The summed E-state index contributed by atoms with van der Waals surface area (Å²) in [5.41, 5.74) is 5.28. The zero-order valence-electron chi connectivity index (χ0n) is 16.1. The van der Waals surface area contributed by atoms with Gasteiger partial charge in [0.2, 0.25) is 5.12 Å². The smallest absolute Gasteiger partial charge is 0.275 e. The Bertz CT molecular complexity index is 860. The first-order valence-corrected chi connectivity index (χ1v) is 10.1. The summed E-state index contributed by atoms with van der Waals surface area (Å²) >= 11 is 1.44. The Kier molecular flexibility index (Phi) is 6.43. The molecule has 1 aliphatic heterocycles. The molecule has 3 N–H and O–H groups in total. The average Bonchev–Trinajstić information content (AvgIpc) is 2.74. The van der Waals surface area contributed by atoms with Crippen LogP contribution >= 0.6 is 11.8 Å². The van der Waals surface area contributed by atoms with E-state index in [0.29, 0.717) is 23.8 Å². The zero-order chi connectivity index (χ0) is 20.0. The lowest BCUT2D eigenvalue weighted by atomic mass is 10.1. The summed E-state index contributed by atoms with van der Waals surface area (Å²) in [6.45, 7) is 0.625. The molecule has 0 radical (unpaired) electrons. The van der Waals surface area contributed by atoms with Crippen molar-refractivity contribution < 1.29 is 14.3 Å². The lowest BCUT2D eigenvalue weighted by molar-refractivity contribution is -0.116. The van der Waals surface area contributed by atoms with Gasteiger partial charge < -0.3 is 14.8 Å². The molecule has 1 atom stereocenters. The topological polar surface area (TPSA) is 84.0 Å². The largest absolute Gasteiger partial charge is 0.493 e. The van der Waals surface area contributed by atoms with Crippen LogP contribution in [0.25, 0.3) is 0 Å². The first-order valence-electron chi connectivity index (χ1n) is 8.84. The molecule has 1 heterocycles. The standard InChI is InChI=1S/C20H24N4O3S/c1-26-16-10-9-14(13-17(16)27-2)11-12-21-20(28-3)22-19(25)18(23-24-20)15-7-5-4-6-8-15/h4-10,13,21,24H,11-12H2,1-3H3,(H,22,25). The summed E-state index contributed by atoms with van der Waals surface area (Å²) in [6, 6.07) is 15.2. The molecule has 0 fully saturated rings. The van der Waals surface area contributed by atoms with Gasteiger partial charge in [-0.05, 0) is 30.4 Å². The molecule has 8 heteroatoms. The summed E-state index contributed by atoms with van der Waals surface area (Å²) in [5.74, 6) is 1.17. The fraction of sp³-hybridized carbons (Fsp3) is 0.300. The molecule has 0 saturated carbocycles. The van der Waals surface area contributed by atoms with Crippen LogP contribution in [0.15, 0.2) is 53.6 Å². The van der Waals surface area contributed by atoms with E-state index >= 15 is 0 Å². The molecule has 0 bridgehead atoms. The lowest BCUT2D eigenvalue weighted by Gasteiger charge is -2.36. The molecule has 1 amide bonds. The highest BCUT2D eigenvalue weighted by Crippen LogP contribution is 2.27. The molecule has 7 nitrogen and oxygen atoms in total. The summed E-state index contributed by atoms with van der Waals surface area (Å²) in [4.78, 5) is 12.6. The highest BCUT2D eigenvalue weighted by molar-refractivity contribution is 7.99. The molecular weight excluding hydrogens is 376 g/mol. The second-order valence-corrected chi connectivity index (χ2v) is 7.16. The van der Waals surface area contributed by atoms with Crippen molar-refractivity contribution >= 4 is 23.4 Å². The summed E-state index contributed by atoms with van der Waals surface area (Å²) in [5, 5.41) is 9.78. The van der Waals surface area contributed by atoms with Crippen LogP contribution in [0.5, 0.6) is 11.5 Å². The quantitative estimate of drug-likeness (QED) is 0.588. The minimum atomic E-state index is -0.855. The molecule has 1 unspecified atom stereocenters. The maximum absolute atomic E-state index is 12.6. The van der Waals surface area contributed by atoms with E-state index in [2.05, 4.69) is 21.2 Å². The number of carbonyl (C=O) groups excluding carboxylic acids is 1. The van der Waals surface area contributed by atoms with Crippen LogP contribution in [0, 0.1) is 0 Å². The second kappa shape index (κ2) is 8.99. The Morgan fingerprint density at radius 2 is 1.86 bits per heavy atom. The van der Waals surface area contributed by atoms with Crippen molar-refractivity contribution in [2.45, 2.75) is 11.5 Å². The maximum Gasteiger partial charge on any atom is 0.275 e. The van der Waals surface area contributed by atoms with E-state index in [9.17, 15) is 4.79 Å². The van der Waals surface area contributed by atoms with E-state index < -0.39 is 5.12 Å². The van der Waals surface area contributed by atoms with Crippen molar-refractivity contribution in [2.75, 3.05) is 27.0 Å². The van der Waals surface area contributed by atoms with Gasteiger partial charge in [0, 0.05) is 12.1 Å². The fourth-order valence-corrected chi connectivity index (χ4v) is 3.47. The number of thioether (sulfide) groups is 1. The predicted octanol–water partition coefficient (Wildman–Crippen LogP) is 1.93. The molecule has 2 aromatic rings. The van der Waals surface area contributed by atoms with Crippen molar-refractivity contribution in [3.05, 3.63) is 59.7 Å². The Morgan fingerprint density at radius 1 is 1.11 bits per heavy atom. The van der Waals surface area contributed by atoms with E-state index in [1.807, 2.05) is 54.8 Å². The monoisotopic (exact) mass is 400 g/mol. The molecule has 2 aromatic carbocycles. The minimum Gasteiger partial charge on any atom is -0.493 e. The van der Waals surface area contributed by atoms with Gasteiger partial charge in [-0.1, -0.05) is 48.2 Å². The normalized spacial score (nSPS) is 18.7. The van der Waals surface area contributed by atoms with Crippen molar-refractivity contribution in [3.8, 4) is 11.5 Å². The molecule has 0 aromatic heterocycles. The van der Waals surface area contributed by atoms with Gasteiger partial charge in [-0.2, -0.15) is 5.10 Å². The van der Waals surface area contributed by atoms with Gasteiger partial charge in [-0.15, -0.1) is 0 Å². The van der Waals surface area contributed by atoms with Gasteiger partial charge in [-0.3, -0.25) is 15.5 Å². The number of nitrogens with one attached hydrogen (secondary N) is 3. The van der Waals surface area contributed by atoms with Crippen LogP contribution in [-0.2, 0) is 11.2 Å². The third kappa shape index (κ3) is 4.40. The summed E-state index contributed by atoms with van der Waals surface area (Å²) in [7, 11) is 3.23. The van der Waals surface area contributed by atoms with Crippen LogP contribution in [-0.4, -0.2) is 43.8 Å². The number of amides is 1. The van der Waals surface area contributed by atoms with Crippen LogP contribution in [0.3, 0.4) is 0 Å². The van der Waals surface area contributed by atoms with Crippen LogP contribution in [0.2, 0.25) is 0 Å². The van der Waals surface area contributed by atoms with Gasteiger partial charge in [0.05, 0.1) is 14.2 Å². The lowest BCUT2D eigenvalue weighted by Crippen LogP contribution is -2.68. The van der Waals surface area contributed by atoms with Crippen molar-refractivity contribution in [1.82, 2.24) is 16.1 Å². The first-order chi connectivity index (χ1) is 13.6. The van der Waals surface area contributed by atoms with Gasteiger partial charge >= 0.3 is 0 Å². The number of hydrogen-bond acceptors (Lipinski definition) is 7. The van der Waals surface area contributed by atoms with Gasteiger partial charge in [0.25, 0.3) is 5.91 Å². The van der Waals surface area contributed by atoms with E-state index in [1.165, 1.54) is 11.8 Å². The van der Waals surface area contributed by atoms with E-state index in [0.717, 1.165) is 17.5 Å². The highest BCUT2D eigenvalue weighted by Gasteiger charge is 2.36. The molecule has 0 aliphatic carbocycles. The number of hydrazone groups is 1. The Morgan fingerprint density at radius 3 is 2.50 bits per heavy atom. The SMILES string of the molecule is COc1ccc(CCNC2(SC)NN=C(c3ccccc3)C(=O)N2)cc1OC. The van der Waals surface area contributed by atoms with E-state index in [1.54, 1.807) is 14.2 Å². The molecule has 0 spiro atoms. The number of methoxy groups -OCH3 is 2. The number of hydrogen-bond donors (Lipinski definition) is 3. The van der Waals surface area contributed by atoms with Crippen molar-refractivity contribution in [3.63, 3.8) is 0 Å². The zero-order valence-corrected chi connectivity index (χ0v) is 16.9. The van der Waals surface area contributed by atoms with Gasteiger partial charge in [0.15, 0.2) is 17.2 Å². The number of nitrogens with zero attached hydrogens (tertiary/aromatic N) is 1. The molecule has 1 aliphatic rings. The maximum atomic E-state index is 12.6. The van der Waals surface area contributed by atoms with Crippen LogP contribution < -0.4 is 25.5 Å². The number of rotatable bonds is 8. The number of ether oxygens (including phenoxy) is 2. The van der Waals surface area contributed by atoms with Crippen LogP contribution in [0.4, 0.5) is 0 Å². The van der Waals surface area contributed by atoms with Crippen LogP contribution in [0.1, 0.15) is 11.1 Å². The second-order valence-electron chi connectivity index (χ2n) is 6.14. The Labute approximate surface area is 168 Å². The van der Waals surface area contributed by atoms with E-state index in [-0.39, 0.29) is 5.91 Å². The summed E-state index contributed by atoms with van der Waals surface area (Å²) in [6.07, 6.45) is 2.65. The van der Waals surface area contributed by atoms with Gasteiger partial charge in [-0.25, -0.2) is 0 Å². The number of carbonyl (C=O) groups is 1. The molecule has 28 heavy (non-hydrogen) atoms. The molecule has 148 valence electrons. The Balaban J connectivity index is 1.65. The van der Waals surface area contributed by atoms with Crippen molar-refractivity contribution in [2.24, 2.45) is 5.10 Å². The molecule has 0 saturated heterocycles. The highest BCUT2D eigenvalue weighted by atomic mass is 32.2. The number of benzene rings is 2. The predicted molar refractivity (Wildman–Crippen MR) is 112 cm³/mol. The summed E-state index contributed by atoms with van der Waals surface area (Å²) < 4.78 is 10.6. The fourth-order valence-electron chi connectivity index (χ4n) is 2.90. The Hall–Kier alpha value is -2.71. The molecular formula is C20H24N4O3S.